The minimum atomic E-state index is -0.672. The van der Waals surface area contributed by atoms with E-state index in [-0.39, 0.29) is 27.9 Å². The maximum absolute atomic E-state index is 12.4. The number of hydrogen-bond acceptors (Lipinski definition) is 6. The lowest BCUT2D eigenvalue weighted by Crippen LogP contribution is -2.06. The number of nitro benzene ring substituents is 1. The maximum Gasteiger partial charge on any atom is 0.363 e. The molecule has 0 saturated carbocycles. The first-order valence-corrected chi connectivity index (χ1v) is 12.3. The Hall–Kier alpha value is -2.53. The van der Waals surface area contributed by atoms with Gasteiger partial charge in [-0.3, -0.25) is 10.1 Å². The number of nitrogens with zero attached hydrogens (tertiary/aromatic N) is 2. The van der Waals surface area contributed by atoms with Gasteiger partial charge in [-0.05, 0) is 73.8 Å². The molecular formula is C23H12Br3ClN2O5. The van der Waals surface area contributed by atoms with Crippen molar-refractivity contribution in [3.8, 4) is 5.75 Å². The Morgan fingerprint density at radius 1 is 1.06 bits per heavy atom. The summed E-state index contributed by atoms with van der Waals surface area (Å²) in [6.07, 6.45) is 1.55. The number of cyclic esters (lactones) is 1. The minimum absolute atomic E-state index is 0.0222. The van der Waals surface area contributed by atoms with Gasteiger partial charge < -0.3 is 9.47 Å². The molecule has 0 radical (unpaired) electrons. The Morgan fingerprint density at radius 3 is 2.44 bits per heavy atom. The number of aliphatic imine (C=N–C) groups is 1. The van der Waals surface area contributed by atoms with E-state index >= 15 is 0 Å². The normalized spacial score (nSPS) is 14.2. The lowest BCUT2D eigenvalue weighted by atomic mass is 10.2. The number of carbonyl (C=O) groups is 1. The molecule has 0 aromatic heterocycles. The molecule has 0 aliphatic carbocycles. The maximum atomic E-state index is 12.4. The highest BCUT2D eigenvalue weighted by Crippen LogP contribution is 2.37. The highest BCUT2D eigenvalue weighted by Gasteiger charge is 2.26. The molecule has 7 nitrogen and oxygen atoms in total. The molecule has 3 aromatic rings. The van der Waals surface area contributed by atoms with Crippen LogP contribution >= 0.6 is 59.4 Å². The summed E-state index contributed by atoms with van der Waals surface area (Å²) in [6, 6.07) is 15.4. The molecule has 0 spiro atoms. The molecule has 0 bridgehead atoms. The Bertz CT molecular complexity index is 1370. The van der Waals surface area contributed by atoms with E-state index in [0.29, 0.717) is 26.9 Å². The van der Waals surface area contributed by atoms with E-state index in [1.165, 1.54) is 18.2 Å². The van der Waals surface area contributed by atoms with Crippen molar-refractivity contribution >= 4 is 83.0 Å². The summed E-state index contributed by atoms with van der Waals surface area (Å²) in [6.45, 7) is 0.353. The first kappa shape index (κ1) is 24.6. The van der Waals surface area contributed by atoms with Crippen LogP contribution in [0.25, 0.3) is 6.08 Å². The second-order valence-corrected chi connectivity index (χ2v) is 9.92. The number of esters is 1. The van der Waals surface area contributed by atoms with Gasteiger partial charge in [0.05, 0.1) is 13.9 Å². The van der Waals surface area contributed by atoms with Crippen molar-refractivity contribution in [3.05, 3.63) is 106 Å². The molecule has 0 atom stereocenters. The smallest absolute Gasteiger partial charge is 0.363 e. The monoisotopic (exact) mass is 668 g/mol. The molecule has 0 fully saturated rings. The highest BCUT2D eigenvalue weighted by molar-refractivity contribution is 9.11. The summed E-state index contributed by atoms with van der Waals surface area (Å²) >= 11 is 16.4. The van der Waals surface area contributed by atoms with Crippen LogP contribution in [-0.4, -0.2) is 16.8 Å². The molecule has 11 heteroatoms. The molecule has 0 amide bonds. The summed E-state index contributed by atoms with van der Waals surface area (Å²) in [5.41, 5.74) is 1.66. The van der Waals surface area contributed by atoms with Crippen LogP contribution in [0.4, 0.5) is 5.69 Å². The molecule has 0 saturated heterocycles. The number of nitro groups is 1. The van der Waals surface area contributed by atoms with Gasteiger partial charge in [-0.25, -0.2) is 9.79 Å². The quantitative estimate of drug-likeness (QED) is 0.118. The highest BCUT2D eigenvalue weighted by atomic mass is 79.9. The van der Waals surface area contributed by atoms with Crippen LogP contribution in [0.3, 0.4) is 0 Å². The predicted molar refractivity (Wildman–Crippen MR) is 139 cm³/mol. The summed E-state index contributed by atoms with van der Waals surface area (Å²) in [7, 11) is 0. The lowest BCUT2D eigenvalue weighted by Gasteiger charge is -2.12. The number of hydrogen-bond donors (Lipinski definition) is 0. The van der Waals surface area contributed by atoms with Gasteiger partial charge in [0.1, 0.15) is 17.4 Å². The largest absolute Gasteiger partial charge is 0.486 e. The molecule has 0 N–H and O–H groups in total. The van der Waals surface area contributed by atoms with Gasteiger partial charge in [0, 0.05) is 21.7 Å². The number of ether oxygens (including phenoxy) is 2. The van der Waals surface area contributed by atoms with Gasteiger partial charge in [0.2, 0.25) is 5.90 Å². The number of benzene rings is 3. The molecule has 1 heterocycles. The van der Waals surface area contributed by atoms with Crippen LogP contribution in [-0.2, 0) is 16.1 Å². The SMILES string of the molecule is O=C1OC(c2ccc(Cl)c([N+](=O)[O-])c2)=N/C1=C\c1cc(Br)c(OCc2ccccc2Br)c(Br)c1. The molecule has 34 heavy (non-hydrogen) atoms. The summed E-state index contributed by atoms with van der Waals surface area (Å²) in [4.78, 5) is 27.1. The standard InChI is InChI=1S/C23H12Br3ClN2O5/c24-15-4-2-1-3-14(15)11-33-21-16(25)7-12(8-17(21)26)9-19-23(30)34-22(28-19)13-5-6-18(27)20(10-13)29(31)32/h1-10H,11H2/b19-9-. The average molecular weight is 672 g/mol. The van der Waals surface area contributed by atoms with Crippen LogP contribution in [0.1, 0.15) is 16.7 Å². The molecule has 0 unspecified atom stereocenters. The fraction of sp³-hybridized carbons (Fsp3) is 0.0435. The van der Waals surface area contributed by atoms with E-state index in [1.54, 1.807) is 18.2 Å². The number of carbonyl (C=O) groups excluding carboxylic acids is 1. The Balaban J connectivity index is 1.58. The molecule has 1 aliphatic heterocycles. The van der Waals surface area contributed by atoms with Gasteiger partial charge in [0.15, 0.2) is 5.70 Å². The van der Waals surface area contributed by atoms with Crippen molar-refractivity contribution < 1.29 is 19.2 Å². The Kier molecular flexibility index (Phi) is 7.51. The van der Waals surface area contributed by atoms with Crippen LogP contribution in [0.2, 0.25) is 5.02 Å². The fourth-order valence-corrected chi connectivity index (χ4v) is 5.08. The zero-order chi connectivity index (χ0) is 24.4. The van der Waals surface area contributed by atoms with Crippen LogP contribution in [0, 0.1) is 10.1 Å². The van der Waals surface area contributed by atoms with Crippen molar-refractivity contribution in [3.63, 3.8) is 0 Å². The topological polar surface area (TPSA) is 91.0 Å². The van der Waals surface area contributed by atoms with Crippen LogP contribution < -0.4 is 4.74 Å². The van der Waals surface area contributed by atoms with Gasteiger partial charge >= 0.3 is 5.97 Å². The number of rotatable bonds is 6. The van der Waals surface area contributed by atoms with E-state index in [0.717, 1.165) is 10.0 Å². The van der Waals surface area contributed by atoms with Crippen molar-refractivity contribution in [1.82, 2.24) is 0 Å². The molecule has 172 valence electrons. The summed E-state index contributed by atoms with van der Waals surface area (Å²) in [5, 5.41) is 11.1. The zero-order valence-corrected chi connectivity index (χ0v) is 22.4. The average Bonchev–Trinajstić information content (AvgIpc) is 3.14. The van der Waals surface area contributed by atoms with Crippen molar-refractivity contribution in [2.45, 2.75) is 6.61 Å². The van der Waals surface area contributed by atoms with Crippen molar-refractivity contribution in [2.75, 3.05) is 0 Å². The zero-order valence-electron chi connectivity index (χ0n) is 16.9. The fourth-order valence-electron chi connectivity index (χ4n) is 3.04. The van der Waals surface area contributed by atoms with E-state index in [9.17, 15) is 14.9 Å². The Morgan fingerprint density at radius 2 is 1.76 bits per heavy atom. The van der Waals surface area contributed by atoms with Gasteiger partial charge in [-0.15, -0.1) is 0 Å². The molecule has 4 rings (SSSR count). The van der Waals surface area contributed by atoms with Crippen molar-refractivity contribution in [1.29, 1.82) is 0 Å². The van der Waals surface area contributed by atoms with Gasteiger partial charge in [-0.2, -0.15) is 0 Å². The second kappa shape index (κ2) is 10.4. The number of halogens is 4. The van der Waals surface area contributed by atoms with Crippen LogP contribution in [0.15, 0.2) is 78.7 Å². The van der Waals surface area contributed by atoms with E-state index in [1.807, 2.05) is 24.3 Å². The van der Waals surface area contributed by atoms with Gasteiger partial charge in [-0.1, -0.05) is 45.7 Å². The van der Waals surface area contributed by atoms with E-state index in [4.69, 9.17) is 21.1 Å². The van der Waals surface area contributed by atoms with Crippen molar-refractivity contribution in [2.24, 2.45) is 4.99 Å². The predicted octanol–water partition coefficient (Wildman–Crippen LogP) is 7.46. The third-order valence-electron chi connectivity index (χ3n) is 4.66. The van der Waals surface area contributed by atoms with Crippen LogP contribution in [0.5, 0.6) is 5.75 Å². The van der Waals surface area contributed by atoms with Gasteiger partial charge in [0.25, 0.3) is 5.69 Å². The Labute approximate surface area is 224 Å². The molecule has 3 aromatic carbocycles. The first-order chi connectivity index (χ1) is 16.2. The minimum Gasteiger partial charge on any atom is -0.486 e. The first-order valence-electron chi connectivity index (χ1n) is 9.55. The summed E-state index contributed by atoms with van der Waals surface area (Å²) < 4.78 is 13.5. The molecular weight excluding hydrogens is 659 g/mol. The molecule has 1 aliphatic rings. The lowest BCUT2D eigenvalue weighted by molar-refractivity contribution is -0.384. The second-order valence-electron chi connectivity index (χ2n) is 6.95. The van der Waals surface area contributed by atoms with E-state index in [2.05, 4.69) is 52.8 Å². The third kappa shape index (κ3) is 5.41. The third-order valence-corrected chi connectivity index (χ3v) is 6.94. The van der Waals surface area contributed by atoms with E-state index < -0.39 is 10.9 Å². The summed E-state index contributed by atoms with van der Waals surface area (Å²) in [5.74, 6) is -0.110.